The molecule has 1 aliphatic heterocycles. The van der Waals surface area contributed by atoms with Crippen molar-refractivity contribution in [1.82, 2.24) is 19.7 Å². The van der Waals surface area contributed by atoms with Crippen LogP contribution in [0.25, 0.3) is 11.0 Å². The first-order valence-electron chi connectivity index (χ1n) is 17.6. The Balaban J connectivity index is 1.25. The number of nitrogens with one attached hydrogen (secondary N) is 1. The van der Waals surface area contributed by atoms with Gasteiger partial charge in [0.2, 0.25) is 11.2 Å². The summed E-state index contributed by atoms with van der Waals surface area (Å²) in [5.41, 5.74) is 0.807. The number of benzene rings is 1. The van der Waals surface area contributed by atoms with E-state index in [0.29, 0.717) is 75.9 Å². The van der Waals surface area contributed by atoms with Crippen molar-refractivity contribution >= 4 is 55.2 Å². The maximum Gasteiger partial charge on any atom is 0.340 e. The maximum atomic E-state index is 13.1. The Morgan fingerprint density at radius 2 is 1.62 bits per heavy atom. The van der Waals surface area contributed by atoms with Crippen molar-refractivity contribution in [2.24, 2.45) is 5.92 Å². The molecule has 2 aromatic heterocycles. The molecule has 1 unspecified atom stereocenters. The largest absolute Gasteiger partial charge is 0.387 e. The fourth-order valence-corrected chi connectivity index (χ4v) is 8.79. The Morgan fingerprint density at radius 1 is 0.982 bits per heavy atom. The fourth-order valence-electron chi connectivity index (χ4n) is 6.06. The molecule has 5 atom stereocenters. The molecule has 1 amide bonds. The van der Waals surface area contributed by atoms with Crippen molar-refractivity contribution in [3.8, 4) is 12.3 Å². The third-order valence-corrected chi connectivity index (χ3v) is 12.4. The molecule has 0 radical (unpaired) electrons. The van der Waals surface area contributed by atoms with Gasteiger partial charge in [-0.15, -0.1) is 6.42 Å². The van der Waals surface area contributed by atoms with Gasteiger partial charge in [0.05, 0.1) is 64.4 Å². The van der Waals surface area contributed by atoms with Gasteiger partial charge in [0, 0.05) is 24.2 Å². The molecule has 1 aliphatic carbocycles. The zero-order chi connectivity index (χ0) is 40.3. The van der Waals surface area contributed by atoms with Gasteiger partial charge < -0.3 is 63.3 Å². The maximum absolute atomic E-state index is 13.1. The second-order valence-corrected chi connectivity index (χ2v) is 17.2. The normalized spacial score (nSPS) is 23.4. The molecule has 23 heteroatoms. The van der Waals surface area contributed by atoms with E-state index >= 15 is 0 Å². The van der Waals surface area contributed by atoms with Crippen LogP contribution in [-0.4, -0.2) is 147 Å². The zero-order valence-corrected chi connectivity index (χ0v) is 32.7. The Bertz CT molecular complexity index is 1880. The van der Waals surface area contributed by atoms with Crippen LogP contribution < -0.4 is 10.2 Å². The lowest BCUT2D eigenvalue weighted by Gasteiger charge is -2.43. The van der Waals surface area contributed by atoms with Crippen LogP contribution in [0.3, 0.4) is 0 Å². The van der Waals surface area contributed by atoms with Gasteiger partial charge >= 0.3 is 15.2 Å². The number of halogens is 1. The minimum absolute atomic E-state index is 0.118. The standard InChI is InChI=1S/C33H45ClN6O14P2/c1-2-9-49-11-13-51-15-16-52-14-12-50-10-8-39(24-17-22(18-24)31(43)36-23-6-4-3-5-7-23)29-25-19-35-40(30(25)38-33(34)37-29)32-28(42)27(41)26(54-32)20-53-56(47,48)21-55(44,45)46/h1,3-7,19,22,24,26-28,32,41-42H,8-18,20-21H2,(H,36,43)(H,47,48)(H2,44,45,46)/t22?,24?,26-,27-,28-,32-/m1/s1. The van der Waals surface area contributed by atoms with E-state index in [1.807, 2.05) is 23.1 Å². The predicted molar refractivity (Wildman–Crippen MR) is 200 cm³/mol. The summed E-state index contributed by atoms with van der Waals surface area (Å²) >= 11 is 6.45. The van der Waals surface area contributed by atoms with E-state index in [1.54, 1.807) is 12.1 Å². The summed E-state index contributed by atoms with van der Waals surface area (Å²) in [6.07, 6.45) is 1.49. The van der Waals surface area contributed by atoms with E-state index in [0.717, 1.165) is 0 Å². The number of fused-ring (bicyclic) bond motifs is 1. The average Bonchev–Trinajstić information content (AvgIpc) is 3.66. The number of para-hydroxylation sites is 1. The molecule has 6 N–H and O–H groups in total. The molecular formula is C33H45ClN6O14P2. The SMILES string of the molecule is C#CCOCCOCCOCCOCCN(c1nc(Cl)nc2c1cnn2[C@@H]1O[C@H](COP(=O)(O)CP(=O)(O)O)[C@@H](O)[C@H]1O)C1CC(C(=O)Nc2ccccc2)C1. The number of hydrogen-bond donors (Lipinski definition) is 6. The number of carbonyl (C=O) groups excluding carboxylic acids is 1. The Hall–Kier alpha value is -3.09. The van der Waals surface area contributed by atoms with Gasteiger partial charge in [0.25, 0.3) is 0 Å². The van der Waals surface area contributed by atoms with Crippen molar-refractivity contribution in [2.75, 3.05) is 82.1 Å². The van der Waals surface area contributed by atoms with Crippen LogP contribution in [0, 0.1) is 18.3 Å². The minimum atomic E-state index is -4.90. The summed E-state index contributed by atoms with van der Waals surface area (Å²) in [6.45, 7) is 2.17. The third kappa shape index (κ3) is 12.5. The molecule has 5 rings (SSSR count). The van der Waals surface area contributed by atoms with E-state index in [-0.39, 0.29) is 42.0 Å². The average molecular weight is 847 g/mol. The number of aromatic nitrogens is 4. The number of terminal acetylenes is 1. The molecular weight excluding hydrogens is 802 g/mol. The number of rotatable bonds is 23. The van der Waals surface area contributed by atoms with Gasteiger partial charge in [0.1, 0.15) is 30.7 Å². The van der Waals surface area contributed by atoms with Crippen LogP contribution >= 0.6 is 26.8 Å². The highest BCUT2D eigenvalue weighted by Crippen LogP contribution is 2.55. The van der Waals surface area contributed by atoms with Crippen molar-refractivity contribution in [1.29, 1.82) is 0 Å². The van der Waals surface area contributed by atoms with Gasteiger partial charge in [-0.2, -0.15) is 15.1 Å². The van der Waals surface area contributed by atoms with Gasteiger partial charge in [0.15, 0.2) is 17.8 Å². The van der Waals surface area contributed by atoms with Crippen LogP contribution in [0.2, 0.25) is 5.28 Å². The molecule has 1 saturated carbocycles. The number of aliphatic hydroxyl groups excluding tert-OH is 2. The lowest BCUT2D eigenvalue weighted by atomic mass is 9.78. The van der Waals surface area contributed by atoms with Crippen LogP contribution in [-0.2, 0) is 42.1 Å². The molecule has 308 valence electrons. The first-order valence-corrected chi connectivity index (χ1v) is 21.5. The summed E-state index contributed by atoms with van der Waals surface area (Å²) in [5, 5.41) is 29.1. The molecule has 3 heterocycles. The highest BCUT2D eigenvalue weighted by atomic mass is 35.5. The number of anilines is 2. The Labute approximate surface area is 327 Å². The van der Waals surface area contributed by atoms with Crippen LogP contribution in [0.5, 0.6) is 0 Å². The van der Waals surface area contributed by atoms with Crippen LogP contribution in [0.15, 0.2) is 36.5 Å². The third-order valence-electron chi connectivity index (χ3n) is 8.80. The van der Waals surface area contributed by atoms with Gasteiger partial charge in [-0.3, -0.25) is 13.9 Å². The predicted octanol–water partition coefficient (Wildman–Crippen LogP) is 1.36. The zero-order valence-electron chi connectivity index (χ0n) is 30.1. The first kappa shape index (κ1) is 44.0. The van der Waals surface area contributed by atoms with E-state index in [9.17, 15) is 29.0 Å². The van der Waals surface area contributed by atoms with Crippen molar-refractivity contribution < 1.29 is 67.0 Å². The fraction of sp³-hybridized carbons (Fsp3) is 0.576. The molecule has 56 heavy (non-hydrogen) atoms. The van der Waals surface area contributed by atoms with Gasteiger partial charge in [-0.25, -0.2) is 4.68 Å². The van der Waals surface area contributed by atoms with Gasteiger partial charge in [-0.1, -0.05) is 24.1 Å². The lowest BCUT2D eigenvalue weighted by Crippen LogP contribution is -2.50. The second kappa shape index (κ2) is 20.6. The topological polar surface area (TPSA) is 267 Å². The number of ether oxygens (including phenoxy) is 5. The van der Waals surface area contributed by atoms with Gasteiger partial charge in [-0.05, 0) is 36.6 Å². The molecule has 1 aromatic carbocycles. The molecule has 0 spiro atoms. The molecule has 3 aromatic rings. The quantitative estimate of drug-likeness (QED) is 0.0340. The summed E-state index contributed by atoms with van der Waals surface area (Å²) in [5.74, 6) is 0.911. The van der Waals surface area contributed by atoms with E-state index in [2.05, 4.69) is 26.3 Å². The monoisotopic (exact) mass is 846 g/mol. The van der Waals surface area contributed by atoms with Crippen LogP contribution in [0.4, 0.5) is 11.5 Å². The first-order chi connectivity index (χ1) is 26.8. The molecule has 1 saturated heterocycles. The van der Waals surface area contributed by atoms with Crippen molar-refractivity contribution in [3.63, 3.8) is 0 Å². The van der Waals surface area contributed by atoms with E-state index in [1.165, 1.54) is 10.9 Å². The van der Waals surface area contributed by atoms with E-state index < -0.39 is 52.2 Å². The molecule has 0 bridgehead atoms. The second-order valence-electron chi connectivity index (χ2n) is 12.9. The highest BCUT2D eigenvalue weighted by Gasteiger charge is 2.46. The van der Waals surface area contributed by atoms with Crippen molar-refractivity contribution in [2.45, 2.75) is 43.4 Å². The molecule has 20 nitrogen and oxygen atoms in total. The smallest absolute Gasteiger partial charge is 0.340 e. The number of amides is 1. The number of aliphatic hydroxyl groups is 2. The Kier molecular flexibility index (Phi) is 16.2. The minimum Gasteiger partial charge on any atom is -0.387 e. The number of nitrogens with zero attached hydrogens (tertiary/aromatic N) is 5. The highest BCUT2D eigenvalue weighted by molar-refractivity contribution is 7.70. The summed E-state index contributed by atoms with van der Waals surface area (Å²) < 4.78 is 57.2. The summed E-state index contributed by atoms with van der Waals surface area (Å²) in [6, 6.07) is 8.96. The summed E-state index contributed by atoms with van der Waals surface area (Å²) in [7, 11) is -9.68. The number of hydrogen-bond acceptors (Lipinski definition) is 15. The molecule has 2 aliphatic rings. The lowest BCUT2D eigenvalue weighted by molar-refractivity contribution is -0.122. The Morgan fingerprint density at radius 3 is 2.27 bits per heavy atom. The van der Waals surface area contributed by atoms with E-state index in [4.69, 9.17) is 56.0 Å². The summed E-state index contributed by atoms with van der Waals surface area (Å²) in [4.78, 5) is 51.9. The van der Waals surface area contributed by atoms with Crippen LogP contribution in [0.1, 0.15) is 19.1 Å². The molecule has 2 fully saturated rings. The van der Waals surface area contributed by atoms with Crippen molar-refractivity contribution in [3.05, 3.63) is 41.8 Å². The number of carbonyl (C=O) groups is 1.